The highest BCUT2D eigenvalue weighted by atomic mass is 16.1. The van der Waals surface area contributed by atoms with E-state index in [4.69, 9.17) is 0 Å². The molecule has 110 valence electrons. The summed E-state index contributed by atoms with van der Waals surface area (Å²) in [6.07, 6.45) is 9.06. The summed E-state index contributed by atoms with van der Waals surface area (Å²) in [6, 6.07) is 10.1. The van der Waals surface area contributed by atoms with E-state index in [1.54, 1.807) is 12.2 Å². The number of rotatable bonds is 3. The van der Waals surface area contributed by atoms with Crippen molar-refractivity contribution in [2.45, 2.75) is 6.92 Å². The van der Waals surface area contributed by atoms with E-state index in [2.05, 4.69) is 4.98 Å². The third kappa shape index (κ3) is 2.98. The van der Waals surface area contributed by atoms with Crippen LogP contribution in [-0.2, 0) is 4.79 Å². The van der Waals surface area contributed by atoms with E-state index in [-0.39, 0.29) is 5.78 Å². The summed E-state index contributed by atoms with van der Waals surface area (Å²) in [4.78, 5) is 18.8. The number of benzene rings is 1. The fourth-order valence-electron chi connectivity index (χ4n) is 2.42. The second-order valence-corrected chi connectivity index (χ2v) is 5.50. The van der Waals surface area contributed by atoms with Gasteiger partial charge in [0.15, 0.2) is 5.78 Å². The summed E-state index contributed by atoms with van der Waals surface area (Å²) in [5.74, 6) is 0.0102. The monoisotopic (exact) mass is 290 g/mol. The highest BCUT2D eigenvalue weighted by Crippen LogP contribution is 2.17. The first-order chi connectivity index (χ1) is 10.6. The molecule has 0 saturated heterocycles. The SMILES string of the molecule is Cc1cccc2ccc(C=CC(=O)C3=CCN(C)C=C3)nc12. The predicted octanol–water partition coefficient (Wildman–Crippen LogP) is 3.51. The van der Waals surface area contributed by atoms with E-state index in [1.807, 2.05) is 67.6 Å². The molecule has 3 heteroatoms. The van der Waals surface area contributed by atoms with E-state index in [0.717, 1.165) is 34.3 Å². The molecule has 0 radical (unpaired) electrons. The summed E-state index contributed by atoms with van der Waals surface area (Å²) in [5.41, 5.74) is 3.65. The molecule has 1 aromatic heterocycles. The number of pyridine rings is 1. The molecule has 1 aliphatic rings. The molecule has 0 bridgehead atoms. The van der Waals surface area contributed by atoms with E-state index in [1.165, 1.54) is 0 Å². The number of para-hydroxylation sites is 1. The largest absolute Gasteiger partial charge is 0.377 e. The number of likely N-dealkylation sites (N-methyl/N-ethyl adjacent to an activating group) is 1. The molecular formula is C19H18N2O. The first kappa shape index (κ1) is 14.3. The van der Waals surface area contributed by atoms with Gasteiger partial charge in [-0.05, 0) is 43.0 Å². The van der Waals surface area contributed by atoms with Crippen LogP contribution in [0.5, 0.6) is 0 Å². The van der Waals surface area contributed by atoms with Gasteiger partial charge in [0.05, 0.1) is 11.2 Å². The number of aromatic nitrogens is 1. The normalized spacial score (nSPS) is 14.6. The topological polar surface area (TPSA) is 33.2 Å². The van der Waals surface area contributed by atoms with Crippen molar-refractivity contribution in [2.24, 2.45) is 0 Å². The average molecular weight is 290 g/mol. The van der Waals surface area contributed by atoms with Gasteiger partial charge < -0.3 is 4.90 Å². The lowest BCUT2D eigenvalue weighted by Gasteiger charge is -2.15. The van der Waals surface area contributed by atoms with Gasteiger partial charge in [0.2, 0.25) is 0 Å². The molecule has 22 heavy (non-hydrogen) atoms. The number of fused-ring (bicyclic) bond motifs is 1. The lowest BCUT2D eigenvalue weighted by atomic mass is 10.1. The summed E-state index contributed by atoms with van der Waals surface area (Å²) < 4.78 is 0. The van der Waals surface area contributed by atoms with Gasteiger partial charge in [0, 0.05) is 24.6 Å². The number of carbonyl (C=O) groups is 1. The predicted molar refractivity (Wildman–Crippen MR) is 90.4 cm³/mol. The van der Waals surface area contributed by atoms with Gasteiger partial charge >= 0.3 is 0 Å². The van der Waals surface area contributed by atoms with Crippen LogP contribution in [0.15, 0.2) is 60.3 Å². The number of hydrogen-bond donors (Lipinski definition) is 0. The van der Waals surface area contributed by atoms with Crippen LogP contribution in [0.3, 0.4) is 0 Å². The van der Waals surface area contributed by atoms with Crippen LogP contribution in [-0.4, -0.2) is 29.3 Å². The minimum Gasteiger partial charge on any atom is -0.377 e. The third-order valence-corrected chi connectivity index (χ3v) is 3.74. The highest BCUT2D eigenvalue weighted by molar-refractivity contribution is 6.08. The molecule has 0 aliphatic carbocycles. The Bertz CT molecular complexity index is 815. The Morgan fingerprint density at radius 3 is 2.91 bits per heavy atom. The molecule has 0 spiro atoms. The highest BCUT2D eigenvalue weighted by Gasteiger charge is 2.07. The van der Waals surface area contributed by atoms with Crippen molar-refractivity contribution < 1.29 is 4.79 Å². The Labute approximate surface area is 130 Å². The van der Waals surface area contributed by atoms with Crippen molar-refractivity contribution in [2.75, 3.05) is 13.6 Å². The number of nitrogens with zero attached hydrogens (tertiary/aromatic N) is 2. The Balaban J connectivity index is 1.82. The molecule has 2 aromatic rings. The number of allylic oxidation sites excluding steroid dienone is 3. The van der Waals surface area contributed by atoms with E-state index >= 15 is 0 Å². The van der Waals surface area contributed by atoms with Gasteiger partial charge in [-0.15, -0.1) is 0 Å². The van der Waals surface area contributed by atoms with Crippen LogP contribution in [0.2, 0.25) is 0 Å². The number of hydrogen-bond acceptors (Lipinski definition) is 3. The van der Waals surface area contributed by atoms with Crippen molar-refractivity contribution in [1.29, 1.82) is 0 Å². The molecule has 3 rings (SSSR count). The molecule has 3 nitrogen and oxygen atoms in total. The molecule has 1 aromatic carbocycles. The van der Waals surface area contributed by atoms with Crippen molar-refractivity contribution in [3.8, 4) is 0 Å². The van der Waals surface area contributed by atoms with Crippen molar-refractivity contribution in [1.82, 2.24) is 9.88 Å². The Kier molecular flexibility index (Phi) is 3.88. The molecular weight excluding hydrogens is 272 g/mol. The third-order valence-electron chi connectivity index (χ3n) is 3.74. The zero-order chi connectivity index (χ0) is 15.5. The number of ketones is 1. The Hall–Kier alpha value is -2.68. The lowest BCUT2D eigenvalue weighted by Crippen LogP contribution is -2.15. The average Bonchev–Trinajstić information content (AvgIpc) is 2.54. The van der Waals surface area contributed by atoms with E-state index < -0.39 is 0 Å². The second kappa shape index (κ2) is 5.98. The van der Waals surface area contributed by atoms with E-state index in [0.29, 0.717) is 0 Å². The Morgan fingerprint density at radius 2 is 2.14 bits per heavy atom. The summed E-state index contributed by atoms with van der Waals surface area (Å²) >= 11 is 0. The first-order valence-corrected chi connectivity index (χ1v) is 7.31. The van der Waals surface area contributed by atoms with Crippen LogP contribution in [0.1, 0.15) is 11.3 Å². The minimum atomic E-state index is 0.0102. The van der Waals surface area contributed by atoms with Crippen molar-refractivity contribution >= 4 is 22.8 Å². The summed E-state index contributed by atoms with van der Waals surface area (Å²) in [7, 11) is 1.98. The zero-order valence-corrected chi connectivity index (χ0v) is 12.8. The maximum absolute atomic E-state index is 12.2. The number of carbonyl (C=O) groups excluding carboxylic acids is 1. The van der Waals surface area contributed by atoms with Gasteiger partial charge in [-0.1, -0.05) is 30.3 Å². The van der Waals surface area contributed by atoms with Crippen LogP contribution in [0.4, 0.5) is 0 Å². The van der Waals surface area contributed by atoms with Gasteiger partial charge in [-0.2, -0.15) is 0 Å². The molecule has 2 heterocycles. The first-order valence-electron chi connectivity index (χ1n) is 7.31. The zero-order valence-electron chi connectivity index (χ0n) is 12.8. The van der Waals surface area contributed by atoms with Gasteiger partial charge in [-0.25, -0.2) is 4.98 Å². The smallest absolute Gasteiger partial charge is 0.185 e. The molecule has 0 unspecified atom stereocenters. The summed E-state index contributed by atoms with van der Waals surface area (Å²) in [5, 5.41) is 1.12. The summed E-state index contributed by atoms with van der Waals surface area (Å²) in [6.45, 7) is 2.81. The van der Waals surface area contributed by atoms with Gasteiger partial charge in [0.25, 0.3) is 0 Å². The van der Waals surface area contributed by atoms with Crippen molar-refractivity contribution in [3.63, 3.8) is 0 Å². The maximum atomic E-state index is 12.2. The van der Waals surface area contributed by atoms with E-state index in [9.17, 15) is 4.79 Å². The molecule has 0 amide bonds. The van der Waals surface area contributed by atoms with Crippen LogP contribution in [0, 0.1) is 6.92 Å². The van der Waals surface area contributed by atoms with Gasteiger partial charge in [0.1, 0.15) is 0 Å². The fourth-order valence-corrected chi connectivity index (χ4v) is 2.42. The molecule has 0 saturated carbocycles. The standard InChI is InChI=1S/C19H18N2O/c1-14-4-3-5-16-6-7-17(20-19(14)16)8-9-18(22)15-10-12-21(2)13-11-15/h3-12H,13H2,1-2H3. The molecule has 0 atom stereocenters. The maximum Gasteiger partial charge on any atom is 0.185 e. The molecule has 0 N–H and O–H groups in total. The number of aryl methyl sites for hydroxylation is 1. The second-order valence-electron chi connectivity index (χ2n) is 5.50. The molecule has 1 aliphatic heterocycles. The molecule has 0 fully saturated rings. The van der Waals surface area contributed by atoms with Crippen LogP contribution < -0.4 is 0 Å². The van der Waals surface area contributed by atoms with Gasteiger partial charge in [-0.3, -0.25) is 4.79 Å². The minimum absolute atomic E-state index is 0.0102. The van der Waals surface area contributed by atoms with Crippen molar-refractivity contribution in [3.05, 3.63) is 71.6 Å². The van der Waals surface area contributed by atoms with Crippen LogP contribution >= 0.6 is 0 Å². The van der Waals surface area contributed by atoms with Crippen LogP contribution in [0.25, 0.3) is 17.0 Å². The fraction of sp³-hybridized carbons (Fsp3) is 0.158. The Morgan fingerprint density at radius 1 is 1.27 bits per heavy atom. The lowest BCUT2D eigenvalue weighted by molar-refractivity contribution is -0.111. The quantitative estimate of drug-likeness (QED) is 0.811.